The standard InChI is InChI=1S/C16H17FIN/c1-10-4-3-5-14(16(10)18)15(19)9-12-6-7-13(17)8-11(12)2/h3-8,15H,9,19H2,1-2H3. The van der Waals surface area contributed by atoms with Gasteiger partial charge in [0.2, 0.25) is 0 Å². The first-order chi connectivity index (χ1) is 8.99. The summed E-state index contributed by atoms with van der Waals surface area (Å²) >= 11 is 2.34. The Kier molecular flexibility index (Phi) is 4.58. The molecule has 0 aliphatic heterocycles. The van der Waals surface area contributed by atoms with E-state index in [2.05, 4.69) is 41.6 Å². The largest absolute Gasteiger partial charge is 0.324 e. The van der Waals surface area contributed by atoms with Crippen molar-refractivity contribution < 1.29 is 4.39 Å². The van der Waals surface area contributed by atoms with E-state index in [1.807, 2.05) is 19.1 Å². The molecule has 0 amide bonds. The Morgan fingerprint density at radius 1 is 1.16 bits per heavy atom. The topological polar surface area (TPSA) is 26.0 Å². The molecule has 0 bridgehead atoms. The molecule has 0 aromatic heterocycles. The van der Waals surface area contributed by atoms with Gasteiger partial charge in [0.25, 0.3) is 0 Å². The van der Waals surface area contributed by atoms with Crippen LogP contribution in [0.4, 0.5) is 4.39 Å². The molecule has 19 heavy (non-hydrogen) atoms. The molecular weight excluding hydrogens is 352 g/mol. The van der Waals surface area contributed by atoms with E-state index in [-0.39, 0.29) is 11.9 Å². The molecule has 0 saturated carbocycles. The Morgan fingerprint density at radius 2 is 1.89 bits per heavy atom. The zero-order valence-electron chi connectivity index (χ0n) is 11.1. The molecule has 1 atom stereocenters. The lowest BCUT2D eigenvalue weighted by Crippen LogP contribution is -2.15. The summed E-state index contributed by atoms with van der Waals surface area (Å²) in [5.74, 6) is -0.194. The SMILES string of the molecule is Cc1cc(F)ccc1CC(N)c1cccc(C)c1I. The number of hydrogen-bond acceptors (Lipinski definition) is 1. The summed E-state index contributed by atoms with van der Waals surface area (Å²) in [5, 5.41) is 0. The summed E-state index contributed by atoms with van der Waals surface area (Å²) in [6.45, 7) is 4.01. The van der Waals surface area contributed by atoms with Crippen LogP contribution in [0.15, 0.2) is 36.4 Å². The second-order valence-electron chi connectivity index (χ2n) is 4.86. The third-order valence-electron chi connectivity index (χ3n) is 3.37. The van der Waals surface area contributed by atoms with E-state index in [1.54, 1.807) is 6.07 Å². The number of benzene rings is 2. The summed E-state index contributed by atoms with van der Waals surface area (Å²) in [5.41, 5.74) is 10.8. The Balaban J connectivity index is 2.25. The molecule has 2 rings (SSSR count). The van der Waals surface area contributed by atoms with Gasteiger partial charge in [-0.3, -0.25) is 0 Å². The second-order valence-corrected chi connectivity index (χ2v) is 5.94. The minimum Gasteiger partial charge on any atom is -0.324 e. The predicted octanol–water partition coefficient (Wildman–Crippen LogP) is 4.29. The van der Waals surface area contributed by atoms with E-state index in [4.69, 9.17) is 5.73 Å². The van der Waals surface area contributed by atoms with Gasteiger partial charge in [0.1, 0.15) is 5.82 Å². The van der Waals surface area contributed by atoms with Crippen molar-refractivity contribution in [1.82, 2.24) is 0 Å². The van der Waals surface area contributed by atoms with E-state index >= 15 is 0 Å². The lowest BCUT2D eigenvalue weighted by atomic mass is 9.96. The van der Waals surface area contributed by atoms with Gasteiger partial charge >= 0.3 is 0 Å². The van der Waals surface area contributed by atoms with Crippen LogP contribution in [0.2, 0.25) is 0 Å². The van der Waals surface area contributed by atoms with Gasteiger partial charge in [-0.2, -0.15) is 0 Å². The number of aryl methyl sites for hydroxylation is 2. The zero-order chi connectivity index (χ0) is 14.0. The first-order valence-electron chi connectivity index (χ1n) is 6.24. The van der Waals surface area contributed by atoms with Crippen molar-refractivity contribution in [3.05, 3.63) is 68.0 Å². The van der Waals surface area contributed by atoms with E-state index < -0.39 is 0 Å². The maximum Gasteiger partial charge on any atom is 0.123 e. The molecule has 2 aromatic rings. The molecule has 100 valence electrons. The molecule has 1 nitrogen and oxygen atoms in total. The average molecular weight is 369 g/mol. The smallest absolute Gasteiger partial charge is 0.123 e. The minimum atomic E-state index is -0.194. The van der Waals surface area contributed by atoms with Crippen molar-refractivity contribution in [2.75, 3.05) is 0 Å². The van der Waals surface area contributed by atoms with Crippen LogP contribution in [0.1, 0.15) is 28.3 Å². The second kappa shape index (κ2) is 6.01. The summed E-state index contributed by atoms with van der Waals surface area (Å²) in [6, 6.07) is 11.0. The minimum absolute atomic E-state index is 0.0593. The van der Waals surface area contributed by atoms with Crippen molar-refractivity contribution in [1.29, 1.82) is 0 Å². The highest BCUT2D eigenvalue weighted by molar-refractivity contribution is 14.1. The third kappa shape index (κ3) is 3.34. The molecule has 0 saturated heterocycles. The Hall–Kier alpha value is -0.940. The highest BCUT2D eigenvalue weighted by atomic mass is 127. The van der Waals surface area contributed by atoms with E-state index in [0.29, 0.717) is 0 Å². The average Bonchev–Trinajstić information content (AvgIpc) is 2.36. The van der Waals surface area contributed by atoms with Gasteiger partial charge in [0, 0.05) is 9.61 Å². The van der Waals surface area contributed by atoms with Crippen LogP contribution in [0.3, 0.4) is 0 Å². The molecule has 0 fully saturated rings. The Labute approximate surface area is 127 Å². The van der Waals surface area contributed by atoms with Gasteiger partial charge in [-0.25, -0.2) is 4.39 Å². The van der Waals surface area contributed by atoms with Crippen LogP contribution in [0.25, 0.3) is 0 Å². The van der Waals surface area contributed by atoms with Gasteiger partial charge in [-0.15, -0.1) is 0 Å². The summed E-state index contributed by atoms with van der Waals surface area (Å²) in [7, 11) is 0. The summed E-state index contributed by atoms with van der Waals surface area (Å²) in [6.07, 6.45) is 0.728. The predicted molar refractivity (Wildman–Crippen MR) is 85.7 cm³/mol. The molecule has 0 heterocycles. The van der Waals surface area contributed by atoms with Crippen LogP contribution in [-0.4, -0.2) is 0 Å². The van der Waals surface area contributed by atoms with Crippen molar-refractivity contribution in [3.8, 4) is 0 Å². The Morgan fingerprint density at radius 3 is 2.58 bits per heavy atom. The lowest BCUT2D eigenvalue weighted by molar-refractivity contribution is 0.623. The number of rotatable bonds is 3. The number of halogens is 2. The molecule has 0 aliphatic rings. The zero-order valence-corrected chi connectivity index (χ0v) is 13.2. The first kappa shape index (κ1) is 14.5. The normalized spacial score (nSPS) is 12.5. The fourth-order valence-electron chi connectivity index (χ4n) is 2.19. The molecule has 0 radical (unpaired) electrons. The molecule has 3 heteroatoms. The molecule has 0 spiro atoms. The van der Waals surface area contributed by atoms with E-state index in [9.17, 15) is 4.39 Å². The molecule has 2 N–H and O–H groups in total. The van der Waals surface area contributed by atoms with Crippen molar-refractivity contribution >= 4 is 22.6 Å². The molecule has 1 unspecified atom stereocenters. The number of nitrogens with two attached hydrogens (primary N) is 1. The van der Waals surface area contributed by atoms with Gasteiger partial charge in [0.05, 0.1) is 0 Å². The van der Waals surface area contributed by atoms with Gasteiger partial charge in [-0.1, -0.05) is 24.3 Å². The van der Waals surface area contributed by atoms with Crippen molar-refractivity contribution in [2.45, 2.75) is 26.3 Å². The third-order valence-corrected chi connectivity index (χ3v) is 4.84. The van der Waals surface area contributed by atoms with Gasteiger partial charge in [0.15, 0.2) is 0 Å². The van der Waals surface area contributed by atoms with E-state index in [1.165, 1.54) is 15.2 Å². The van der Waals surface area contributed by atoms with Crippen LogP contribution in [0, 0.1) is 23.2 Å². The van der Waals surface area contributed by atoms with Crippen LogP contribution in [0.5, 0.6) is 0 Å². The van der Waals surface area contributed by atoms with Crippen LogP contribution in [-0.2, 0) is 6.42 Å². The maximum absolute atomic E-state index is 13.1. The van der Waals surface area contributed by atoms with Crippen LogP contribution < -0.4 is 5.73 Å². The fraction of sp³-hybridized carbons (Fsp3) is 0.250. The van der Waals surface area contributed by atoms with Crippen molar-refractivity contribution in [2.24, 2.45) is 5.73 Å². The van der Waals surface area contributed by atoms with Crippen molar-refractivity contribution in [3.63, 3.8) is 0 Å². The number of hydrogen-bond donors (Lipinski definition) is 1. The first-order valence-corrected chi connectivity index (χ1v) is 7.32. The highest BCUT2D eigenvalue weighted by Gasteiger charge is 2.13. The fourth-order valence-corrected chi connectivity index (χ4v) is 2.95. The summed E-state index contributed by atoms with van der Waals surface area (Å²) in [4.78, 5) is 0. The molecule has 0 aliphatic carbocycles. The van der Waals surface area contributed by atoms with Crippen LogP contribution >= 0.6 is 22.6 Å². The Bertz CT molecular complexity index is 595. The molecule has 2 aromatic carbocycles. The lowest BCUT2D eigenvalue weighted by Gasteiger charge is -2.16. The van der Waals surface area contributed by atoms with Gasteiger partial charge < -0.3 is 5.73 Å². The quantitative estimate of drug-likeness (QED) is 0.803. The van der Waals surface area contributed by atoms with Gasteiger partial charge in [-0.05, 0) is 77.2 Å². The van der Waals surface area contributed by atoms with E-state index in [0.717, 1.165) is 23.1 Å². The highest BCUT2D eigenvalue weighted by Crippen LogP contribution is 2.25. The molecular formula is C16H17FIN. The summed E-state index contributed by atoms with van der Waals surface area (Å²) < 4.78 is 14.3. The maximum atomic E-state index is 13.1. The monoisotopic (exact) mass is 369 g/mol.